The topological polar surface area (TPSA) is 9.23 Å². The summed E-state index contributed by atoms with van der Waals surface area (Å²) < 4.78 is 88.6. The highest BCUT2D eigenvalue weighted by molar-refractivity contribution is 5.65. The van der Waals surface area contributed by atoms with Crippen LogP contribution in [0.5, 0.6) is 5.75 Å². The lowest BCUT2D eigenvalue weighted by Gasteiger charge is -2.31. The highest BCUT2D eigenvalue weighted by Gasteiger charge is 2.44. The molecular weight excluding hydrogens is 538 g/mol. The second-order valence-corrected chi connectivity index (χ2v) is 11.5. The molecule has 0 aromatic heterocycles. The minimum atomic E-state index is -3.69. The molecule has 3 aromatic rings. The molecule has 2 aliphatic carbocycles. The molecule has 0 aliphatic heterocycles. The van der Waals surface area contributed by atoms with E-state index in [9.17, 15) is 26.3 Å². The summed E-state index contributed by atoms with van der Waals surface area (Å²) in [5, 5.41) is 0. The largest absolute Gasteiger partial charge is 0.432 e. The first-order valence-electron chi connectivity index (χ1n) is 14.2. The Kier molecular flexibility index (Phi) is 8.68. The highest BCUT2D eigenvalue weighted by Crippen LogP contribution is 2.40. The predicted molar refractivity (Wildman–Crippen MR) is 146 cm³/mol. The number of hydrogen-bond acceptors (Lipinski definition) is 1. The lowest BCUT2D eigenvalue weighted by Crippen LogP contribution is -2.37. The van der Waals surface area contributed by atoms with Gasteiger partial charge in [-0.2, -0.15) is 8.78 Å². The van der Waals surface area contributed by atoms with Crippen LogP contribution in [-0.4, -0.2) is 6.11 Å². The van der Waals surface area contributed by atoms with Gasteiger partial charge >= 0.3 is 6.11 Å². The first kappa shape index (κ1) is 29.1. The van der Waals surface area contributed by atoms with E-state index in [2.05, 4.69) is 35.6 Å². The van der Waals surface area contributed by atoms with Crippen molar-refractivity contribution in [2.45, 2.75) is 70.3 Å². The fourth-order valence-corrected chi connectivity index (χ4v) is 5.92. The lowest BCUT2D eigenvalue weighted by atomic mass is 9.79. The molecule has 0 unspecified atom stereocenters. The van der Waals surface area contributed by atoms with E-state index in [1.165, 1.54) is 37.3 Å². The van der Waals surface area contributed by atoms with E-state index in [-0.39, 0.29) is 24.3 Å². The van der Waals surface area contributed by atoms with Gasteiger partial charge in [0, 0.05) is 18.1 Å². The maximum atomic E-state index is 14.9. The Bertz CT molecular complexity index is 1400. The minimum Gasteiger partial charge on any atom is -0.432 e. The minimum absolute atomic E-state index is 0.0653. The first-order chi connectivity index (χ1) is 19.6. The van der Waals surface area contributed by atoms with Gasteiger partial charge in [0.15, 0.2) is 17.5 Å². The van der Waals surface area contributed by atoms with Crippen LogP contribution in [0.25, 0.3) is 11.1 Å². The molecule has 2 saturated carbocycles. The molecule has 0 bridgehead atoms. The van der Waals surface area contributed by atoms with Gasteiger partial charge in [0.05, 0.1) is 11.5 Å². The van der Waals surface area contributed by atoms with Gasteiger partial charge in [-0.1, -0.05) is 61.9 Å². The molecular formula is C34H32F6O. The van der Waals surface area contributed by atoms with E-state index in [0.29, 0.717) is 30.9 Å². The summed E-state index contributed by atoms with van der Waals surface area (Å²) in [5.41, 5.74) is 3.28. The molecule has 0 atom stereocenters. The van der Waals surface area contributed by atoms with Crippen LogP contribution in [-0.2, 0) is 0 Å². The predicted octanol–water partition coefficient (Wildman–Crippen LogP) is 10.0. The first-order valence-corrected chi connectivity index (χ1v) is 14.2. The van der Waals surface area contributed by atoms with Crippen LogP contribution in [0.1, 0.15) is 75.3 Å². The van der Waals surface area contributed by atoms with E-state index in [4.69, 9.17) is 0 Å². The van der Waals surface area contributed by atoms with E-state index in [1.807, 2.05) is 18.2 Å². The summed E-state index contributed by atoms with van der Waals surface area (Å²) in [6.45, 7) is 2.30. The third-order valence-electron chi connectivity index (χ3n) is 8.53. The molecule has 1 nitrogen and oxygen atoms in total. The number of benzene rings is 3. The number of hydrogen-bond donors (Lipinski definition) is 0. The molecule has 0 radical (unpaired) electrons. The van der Waals surface area contributed by atoms with Crippen molar-refractivity contribution in [3.05, 3.63) is 89.0 Å². The highest BCUT2D eigenvalue weighted by atomic mass is 19.3. The Morgan fingerprint density at radius 3 is 1.93 bits per heavy atom. The number of rotatable bonds is 5. The zero-order valence-corrected chi connectivity index (χ0v) is 22.8. The molecule has 216 valence electrons. The molecule has 0 N–H and O–H groups in total. The fourth-order valence-electron chi connectivity index (χ4n) is 5.92. The van der Waals surface area contributed by atoms with Crippen LogP contribution in [0, 0.1) is 52.9 Å². The SMILES string of the molecule is CC1CCC(c2ccc(-c3ccc(C#CC4CCC(C(F)(F)Oc5cc(F)c(F)c(F)c5)CC4)c(F)c3)cc2)CC1. The van der Waals surface area contributed by atoms with Crippen molar-refractivity contribution in [3.8, 4) is 28.7 Å². The van der Waals surface area contributed by atoms with Gasteiger partial charge in [-0.3, -0.25) is 0 Å². The van der Waals surface area contributed by atoms with Gasteiger partial charge in [-0.05, 0) is 79.2 Å². The van der Waals surface area contributed by atoms with Crippen LogP contribution in [0.15, 0.2) is 54.6 Å². The third kappa shape index (κ3) is 6.92. The summed E-state index contributed by atoms with van der Waals surface area (Å²) in [5.74, 6) is -0.287. The van der Waals surface area contributed by atoms with Crippen molar-refractivity contribution in [3.63, 3.8) is 0 Å². The molecule has 0 spiro atoms. The van der Waals surface area contributed by atoms with E-state index >= 15 is 0 Å². The summed E-state index contributed by atoms with van der Waals surface area (Å²) in [6.07, 6.45) is 2.05. The maximum absolute atomic E-state index is 14.9. The van der Waals surface area contributed by atoms with Crippen LogP contribution in [0.4, 0.5) is 26.3 Å². The summed E-state index contributed by atoms with van der Waals surface area (Å²) in [4.78, 5) is 0. The standard InChI is InChI=1S/C34H32F6O/c1-21-2-7-23(8-3-21)24-10-12-25(13-11-24)27-15-14-26(30(35)18-27)9-4-22-5-16-28(17-6-22)34(39,40)41-29-19-31(36)33(38)32(37)20-29/h10-15,18-23,28H,2-3,5-8,16-17H2,1H3. The summed E-state index contributed by atoms with van der Waals surface area (Å²) >= 11 is 0. The van der Waals surface area contributed by atoms with Crippen molar-refractivity contribution in [2.75, 3.05) is 0 Å². The van der Waals surface area contributed by atoms with Crippen molar-refractivity contribution in [1.82, 2.24) is 0 Å². The van der Waals surface area contributed by atoms with Gasteiger partial charge in [0.1, 0.15) is 11.6 Å². The van der Waals surface area contributed by atoms with E-state index in [1.54, 1.807) is 6.07 Å². The zero-order chi connectivity index (χ0) is 29.1. The monoisotopic (exact) mass is 570 g/mol. The second kappa shape index (κ2) is 12.2. The molecule has 2 aliphatic rings. The Balaban J connectivity index is 1.17. The van der Waals surface area contributed by atoms with Crippen molar-refractivity contribution in [2.24, 2.45) is 17.8 Å². The number of halogens is 6. The van der Waals surface area contributed by atoms with Crippen LogP contribution >= 0.6 is 0 Å². The molecule has 7 heteroatoms. The van der Waals surface area contributed by atoms with E-state index in [0.717, 1.165) is 17.0 Å². The van der Waals surface area contributed by atoms with Crippen LogP contribution in [0.3, 0.4) is 0 Å². The van der Waals surface area contributed by atoms with Crippen molar-refractivity contribution < 1.29 is 31.1 Å². The smallest absolute Gasteiger partial charge is 0.400 e. The van der Waals surface area contributed by atoms with Crippen LogP contribution in [0.2, 0.25) is 0 Å². The molecule has 3 aromatic carbocycles. The van der Waals surface area contributed by atoms with Gasteiger partial charge in [-0.25, -0.2) is 17.6 Å². The van der Waals surface area contributed by atoms with Gasteiger partial charge in [-0.15, -0.1) is 0 Å². The molecule has 0 amide bonds. The molecule has 5 rings (SSSR count). The van der Waals surface area contributed by atoms with Crippen LogP contribution < -0.4 is 4.74 Å². The molecule has 2 fully saturated rings. The quantitative estimate of drug-likeness (QED) is 0.169. The zero-order valence-electron chi connectivity index (χ0n) is 22.8. The number of alkyl halides is 2. The van der Waals surface area contributed by atoms with Gasteiger partial charge in [0.25, 0.3) is 0 Å². The Morgan fingerprint density at radius 2 is 1.32 bits per heavy atom. The molecule has 0 saturated heterocycles. The average molecular weight is 571 g/mol. The third-order valence-corrected chi connectivity index (χ3v) is 8.53. The summed E-state index contributed by atoms with van der Waals surface area (Å²) in [6, 6.07) is 14.1. The van der Waals surface area contributed by atoms with Gasteiger partial charge < -0.3 is 4.74 Å². The normalized spacial score (nSPS) is 23.0. The Labute approximate surface area is 236 Å². The Hall–Kier alpha value is -3.40. The average Bonchev–Trinajstić information content (AvgIpc) is 2.96. The van der Waals surface area contributed by atoms with Crippen molar-refractivity contribution >= 4 is 0 Å². The molecule has 41 heavy (non-hydrogen) atoms. The number of ether oxygens (including phenoxy) is 1. The van der Waals surface area contributed by atoms with Crippen molar-refractivity contribution in [1.29, 1.82) is 0 Å². The fraction of sp³-hybridized carbons (Fsp3) is 0.412. The second-order valence-electron chi connectivity index (χ2n) is 11.5. The Morgan fingerprint density at radius 1 is 0.707 bits per heavy atom. The lowest BCUT2D eigenvalue weighted by molar-refractivity contribution is -0.223. The van der Waals surface area contributed by atoms with E-state index < -0.39 is 41.0 Å². The summed E-state index contributed by atoms with van der Waals surface area (Å²) in [7, 11) is 0. The van der Waals surface area contributed by atoms with Gasteiger partial charge in [0.2, 0.25) is 0 Å². The maximum Gasteiger partial charge on any atom is 0.400 e. The molecule has 0 heterocycles.